The van der Waals surface area contributed by atoms with Crippen LogP contribution in [-0.4, -0.2) is 46.8 Å². The average Bonchev–Trinajstić information content (AvgIpc) is 2.32. The lowest BCUT2D eigenvalue weighted by Crippen LogP contribution is -2.41. The fourth-order valence-corrected chi connectivity index (χ4v) is 2.10. The van der Waals surface area contributed by atoms with E-state index in [4.69, 9.17) is 0 Å². The monoisotopic (exact) mass is 253 g/mol. The number of piperidine rings is 1. The highest BCUT2D eigenvalue weighted by atomic mass is 16.2. The zero-order valence-corrected chi connectivity index (χ0v) is 10.7. The second kappa shape index (κ2) is 4.93. The van der Waals surface area contributed by atoms with Gasteiger partial charge in [0.1, 0.15) is 0 Å². The summed E-state index contributed by atoms with van der Waals surface area (Å²) in [6.45, 7) is 5.01. The van der Waals surface area contributed by atoms with E-state index in [1.54, 1.807) is 0 Å². The number of anilines is 1. The molecule has 0 spiro atoms. The van der Waals surface area contributed by atoms with Crippen molar-refractivity contribution in [2.45, 2.75) is 19.8 Å². The van der Waals surface area contributed by atoms with Crippen molar-refractivity contribution in [3.05, 3.63) is 20.8 Å². The molecule has 1 saturated heterocycles. The Morgan fingerprint density at radius 3 is 2.67 bits per heavy atom. The number of hydrogen-bond acceptors (Lipinski definition) is 5. The zero-order valence-electron chi connectivity index (χ0n) is 10.7. The van der Waals surface area contributed by atoms with Gasteiger partial charge in [-0.3, -0.25) is 9.78 Å². The molecule has 0 atom stereocenters. The maximum atomic E-state index is 11.5. The average molecular weight is 253 g/mol. The predicted octanol–water partition coefficient (Wildman–Crippen LogP) is -0.398. The number of aromatic amines is 2. The van der Waals surface area contributed by atoms with E-state index in [2.05, 4.69) is 39.4 Å². The summed E-state index contributed by atoms with van der Waals surface area (Å²) in [6, 6.07) is 0. The lowest BCUT2D eigenvalue weighted by molar-refractivity contribution is 0.150. The molecule has 7 heteroatoms. The second-order valence-corrected chi connectivity index (χ2v) is 5.32. The Morgan fingerprint density at radius 2 is 2.06 bits per heavy atom. The van der Waals surface area contributed by atoms with Crippen LogP contribution >= 0.6 is 0 Å². The van der Waals surface area contributed by atoms with Crippen LogP contribution in [0.4, 0.5) is 5.82 Å². The molecule has 1 aromatic rings. The second-order valence-electron chi connectivity index (χ2n) is 5.32. The van der Waals surface area contributed by atoms with Gasteiger partial charge in [0, 0.05) is 6.54 Å². The number of likely N-dealkylation sites (tertiary alicyclic amines) is 1. The molecule has 1 fully saturated rings. The summed E-state index contributed by atoms with van der Waals surface area (Å²) in [4.78, 5) is 26.7. The van der Waals surface area contributed by atoms with Crippen LogP contribution in [0.15, 0.2) is 9.59 Å². The molecule has 1 aliphatic rings. The maximum Gasteiger partial charge on any atom is 0.342 e. The minimum Gasteiger partial charge on any atom is -0.364 e. The van der Waals surface area contributed by atoms with Crippen molar-refractivity contribution in [3.63, 3.8) is 0 Å². The third-order valence-corrected chi connectivity index (χ3v) is 3.59. The first kappa shape index (κ1) is 12.8. The van der Waals surface area contributed by atoms with Gasteiger partial charge < -0.3 is 10.2 Å². The van der Waals surface area contributed by atoms with Crippen LogP contribution < -0.4 is 16.6 Å². The largest absolute Gasteiger partial charge is 0.364 e. The van der Waals surface area contributed by atoms with E-state index < -0.39 is 11.2 Å². The van der Waals surface area contributed by atoms with Crippen LogP contribution in [0.5, 0.6) is 0 Å². The number of hydrogen-bond donors (Lipinski definition) is 3. The van der Waals surface area contributed by atoms with Crippen LogP contribution in [0.1, 0.15) is 19.8 Å². The van der Waals surface area contributed by atoms with Gasteiger partial charge in [-0.2, -0.15) is 0 Å². The molecule has 0 radical (unpaired) electrons. The fraction of sp³-hybridized carbons (Fsp3) is 0.727. The van der Waals surface area contributed by atoms with Gasteiger partial charge in [-0.15, -0.1) is 5.10 Å². The summed E-state index contributed by atoms with van der Waals surface area (Å²) in [5.74, 6) is 0.176. The minimum absolute atomic E-state index is 0.163. The third kappa shape index (κ3) is 2.98. The van der Waals surface area contributed by atoms with E-state index in [0.29, 0.717) is 6.54 Å². The Hall–Kier alpha value is -1.63. The minimum atomic E-state index is -0.587. The number of rotatable bonds is 3. The van der Waals surface area contributed by atoms with Crippen LogP contribution in [0, 0.1) is 5.41 Å². The molecule has 100 valence electrons. The summed E-state index contributed by atoms with van der Waals surface area (Å²) in [5, 5.41) is 8.94. The highest BCUT2D eigenvalue weighted by molar-refractivity contribution is 5.29. The molecule has 1 aromatic heterocycles. The van der Waals surface area contributed by atoms with E-state index in [9.17, 15) is 9.59 Å². The molecule has 3 N–H and O–H groups in total. The molecular weight excluding hydrogens is 234 g/mol. The van der Waals surface area contributed by atoms with Crippen LogP contribution in [0.25, 0.3) is 0 Å². The topological polar surface area (TPSA) is 93.9 Å². The molecule has 2 rings (SSSR count). The molecule has 0 aliphatic carbocycles. The molecule has 0 bridgehead atoms. The van der Waals surface area contributed by atoms with Gasteiger partial charge in [-0.1, -0.05) is 6.92 Å². The summed E-state index contributed by atoms with van der Waals surface area (Å²) in [7, 11) is 2.11. The van der Waals surface area contributed by atoms with Gasteiger partial charge in [0.15, 0.2) is 0 Å². The highest BCUT2D eigenvalue weighted by Gasteiger charge is 2.28. The maximum absolute atomic E-state index is 11.5. The molecule has 0 aromatic carbocycles. The first-order valence-electron chi connectivity index (χ1n) is 6.10. The molecular formula is C11H19N5O2. The van der Waals surface area contributed by atoms with E-state index >= 15 is 0 Å². The Bertz CT molecular complexity index is 513. The van der Waals surface area contributed by atoms with Crippen LogP contribution in [-0.2, 0) is 0 Å². The molecule has 0 amide bonds. The van der Waals surface area contributed by atoms with Crippen molar-refractivity contribution in [2.75, 3.05) is 32.0 Å². The third-order valence-electron chi connectivity index (χ3n) is 3.59. The van der Waals surface area contributed by atoms with Gasteiger partial charge >= 0.3 is 5.69 Å². The van der Waals surface area contributed by atoms with Crippen molar-refractivity contribution in [1.29, 1.82) is 0 Å². The molecule has 18 heavy (non-hydrogen) atoms. The Labute approximate surface area is 105 Å². The molecule has 2 heterocycles. The predicted molar refractivity (Wildman–Crippen MR) is 68.8 cm³/mol. The number of nitrogens with zero attached hydrogens (tertiary/aromatic N) is 2. The van der Waals surface area contributed by atoms with Gasteiger partial charge in [-0.05, 0) is 38.4 Å². The summed E-state index contributed by atoms with van der Waals surface area (Å²) >= 11 is 0. The normalized spacial score (nSPS) is 19.7. The molecule has 0 unspecified atom stereocenters. The van der Waals surface area contributed by atoms with E-state index in [0.717, 1.165) is 25.9 Å². The van der Waals surface area contributed by atoms with Gasteiger partial charge in [0.2, 0.25) is 5.82 Å². The number of aromatic nitrogens is 3. The SMILES string of the molecule is CN1CCC(C)(CNc2n[nH]c(=O)[nH]c2=O)CC1. The first-order valence-corrected chi connectivity index (χ1v) is 6.10. The Balaban J connectivity index is 1.99. The molecule has 0 saturated carbocycles. The summed E-state index contributed by atoms with van der Waals surface area (Å²) in [5.41, 5.74) is -0.900. The van der Waals surface area contributed by atoms with Crippen molar-refractivity contribution in [3.8, 4) is 0 Å². The Kier molecular flexibility index (Phi) is 3.51. The summed E-state index contributed by atoms with van der Waals surface area (Å²) < 4.78 is 0. The van der Waals surface area contributed by atoms with Crippen LogP contribution in [0.2, 0.25) is 0 Å². The quantitative estimate of drug-likeness (QED) is 0.681. The molecule has 1 aliphatic heterocycles. The van der Waals surface area contributed by atoms with Crippen molar-refractivity contribution >= 4 is 5.82 Å². The van der Waals surface area contributed by atoms with Gasteiger partial charge in [-0.25, -0.2) is 9.89 Å². The number of nitrogens with one attached hydrogen (secondary N) is 3. The molecule has 7 nitrogen and oxygen atoms in total. The lowest BCUT2D eigenvalue weighted by atomic mass is 9.80. The van der Waals surface area contributed by atoms with E-state index in [1.165, 1.54) is 0 Å². The fourth-order valence-electron chi connectivity index (χ4n) is 2.10. The highest BCUT2D eigenvalue weighted by Crippen LogP contribution is 2.29. The number of H-pyrrole nitrogens is 2. The van der Waals surface area contributed by atoms with Crippen LogP contribution in [0.3, 0.4) is 0 Å². The lowest BCUT2D eigenvalue weighted by Gasteiger charge is -2.37. The van der Waals surface area contributed by atoms with Gasteiger partial charge in [0.25, 0.3) is 5.56 Å². The smallest absolute Gasteiger partial charge is 0.342 e. The van der Waals surface area contributed by atoms with E-state index in [1.807, 2.05) is 0 Å². The van der Waals surface area contributed by atoms with Crippen molar-refractivity contribution < 1.29 is 0 Å². The van der Waals surface area contributed by atoms with Gasteiger partial charge in [0.05, 0.1) is 0 Å². The van der Waals surface area contributed by atoms with Crippen molar-refractivity contribution in [1.82, 2.24) is 20.1 Å². The zero-order chi connectivity index (χ0) is 13.2. The standard InChI is InChI=1S/C11H19N5O2/c1-11(3-5-16(2)6-4-11)7-12-8-9(17)13-10(18)15-14-8/h3-7H2,1-2H3,(H,12,14)(H2,13,15,17,18). The Morgan fingerprint density at radius 1 is 1.39 bits per heavy atom. The summed E-state index contributed by atoms with van der Waals surface area (Å²) in [6.07, 6.45) is 2.16. The van der Waals surface area contributed by atoms with E-state index in [-0.39, 0.29) is 11.2 Å². The first-order chi connectivity index (χ1) is 8.48. The van der Waals surface area contributed by atoms with Crippen molar-refractivity contribution in [2.24, 2.45) is 5.41 Å².